The number of carbonyl (C=O) groups excluding carboxylic acids is 1. The molecule has 6 rings (SSSR count). The van der Waals surface area contributed by atoms with Crippen molar-refractivity contribution in [2.45, 2.75) is 105 Å². The van der Waals surface area contributed by atoms with Crippen molar-refractivity contribution in [2.75, 3.05) is 19.7 Å². The van der Waals surface area contributed by atoms with Crippen LogP contribution < -0.4 is 10.6 Å². The van der Waals surface area contributed by atoms with Crippen LogP contribution in [0.15, 0.2) is 42.5 Å². The summed E-state index contributed by atoms with van der Waals surface area (Å²) in [5.41, 5.74) is 4.56. The van der Waals surface area contributed by atoms with Crippen LogP contribution in [0.25, 0.3) is 5.57 Å². The summed E-state index contributed by atoms with van der Waals surface area (Å²) in [5, 5.41) is 25.4. The number of aromatic carboxylic acids is 1. The lowest BCUT2D eigenvalue weighted by Gasteiger charge is -2.72. The molecular weight excluding hydrogens is 572 g/mol. The van der Waals surface area contributed by atoms with E-state index in [-0.39, 0.29) is 46.3 Å². The number of aliphatic hydroxyl groups excluding tert-OH is 1. The fraction of sp³-hybridized carbons (Fsp3) is 0.700. The Morgan fingerprint density at radius 1 is 0.913 bits per heavy atom. The molecule has 4 fully saturated rings. The summed E-state index contributed by atoms with van der Waals surface area (Å²) in [7, 11) is 0. The quantitative estimate of drug-likeness (QED) is 0.176. The first kappa shape index (κ1) is 33.5. The van der Waals surface area contributed by atoms with Crippen LogP contribution in [0.1, 0.15) is 115 Å². The van der Waals surface area contributed by atoms with Gasteiger partial charge in [-0.05, 0) is 139 Å². The van der Waals surface area contributed by atoms with E-state index in [4.69, 9.17) is 0 Å². The summed E-state index contributed by atoms with van der Waals surface area (Å²) in [6, 6.07) is 7.52. The van der Waals surface area contributed by atoms with Gasteiger partial charge in [0.25, 0.3) is 0 Å². The fourth-order valence-corrected chi connectivity index (χ4v) is 12.9. The number of carboxylic acid groups (broad SMARTS) is 1. The highest BCUT2D eigenvalue weighted by molar-refractivity contribution is 5.88. The van der Waals surface area contributed by atoms with Gasteiger partial charge in [0.2, 0.25) is 5.91 Å². The van der Waals surface area contributed by atoms with Gasteiger partial charge in [0.15, 0.2) is 0 Å². The molecule has 6 nitrogen and oxygen atoms in total. The molecule has 46 heavy (non-hydrogen) atoms. The van der Waals surface area contributed by atoms with E-state index >= 15 is 0 Å². The van der Waals surface area contributed by atoms with Gasteiger partial charge < -0.3 is 20.8 Å². The van der Waals surface area contributed by atoms with Crippen LogP contribution in [-0.4, -0.2) is 47.3 Å². The number of hydrogen-bond donors (Lipinski definition) is 4. The van der Waals surface area contributed by atoms with Crippen molar-refractivity contribution >= 4 is 17.4 Å². The molecule has 252 valence electrons. The maximum absolute atomic E-state index is 13.3. The monoisotopic (exact) mass is 630 g/mol. The number of carbonyl (C=O) groups is 2. The topological polar surface area (TPSA) is 98.7 Å². The predicted octanol–water partition coefficient (Wildman–Crippen LogP) is 7.49. The summed E-state index contributed by atoms with van der Waals surface area (Å²) in [6.45, 7) is 20.2. The second-order valence-corrected chi connectivity index (χ2v) is 17.2. The van der Waals surface area contributed by atoms with Gasteiger partial charge >= 0.3 is 5.97 Å². The van der Waals surface area contributed by atoms with Gasteiger partial charge in [-0.3, -0.25) is 4.79 Å². The van der Waals surface area contributed by atoms with Gasteiger partial charge in [-0.1, -0.05) is 65.0 Å². The molecule has 4 N–H and O–H groups in total. The summed E-state index contributed by atoms with van der Waals surface area (Å²) >= 11 is 0. The second kappa shape index (κ2) is 11.6. The molecule has 9 unspecified atom stereocenters. The normalized spacial score (nSPS) is 40.8. The van der Waals surface area contributed by atoms with Crippen LogP contribution in [-0.2, 0) is 4.79 Å². The van der Waals surface area contributed by atoms with Gasteiger partial charge in [-0.2, -0.15) is 0 Å². The average molecular weight is 631 g/mol. The molecule has 1 aromatic carbocycles. The molecular formula is C40H58N2O4. The molecule has 5 aliphatic carbocycles. The van der Waals surface area contributed by atoms with Gasteiger partial charge in [-0.25, -0.2) is 4.79 Å². The SMILES string of the molecule is C=C(C)C1CCC2(NC(=O)CNCCO)CCC3(C)C(CCC4C5(C)CC=C(c6ccc(C(=O)O)cc6)C(C)(C)C5CCC43C)C12. The Bertz CT molecular complexity index is 1410. The summed E-state index contributed by atoms with van der Waals surface area (Å²) in [4.78, 5) is 24.8. The molecule has 0 bridgehead atoms. The molecule has 0 heterocycles. The van der Waals surface area contributed by atoms with E-state index in [2.05, 4.69) is 64.8 Å². The van der Waals surface area contributed by atoms with E-state index < -0.39 is 5.97 Å². The average Bonchev–Trinajstić information content (AvgIpc) is 3.37. The van der Waals surface area contributed by atoms with Crippen LogP contribution >= 0.6 is 0 Å². The third kappa shape index (κ3) is 4.86. The first-order chi connectivity index (χ1) is 21.6. The number of aliphatic hydroxyl groups is 1. The van der Waals surface area contributed by atoms with Crippen molar-refractivity contribution in [3.63, 3.8) is 0 Å². The van der Waals surface area contributed by atoms with Crippen LogP contribution in [0.4, 0.5) is 0 Å². The number of carboxylic acids is 1. The molecule has 1 aromatic rings. The first-order valence-corrected chi connectivity index (χ1v) is 18.0. The number of hydrogen-bond acceptors (Lipinski definition) is 4. The van der Waals surface area contributed by atoms with Gasteiger partial charge in [0.1, 0.15) is 0 Å². The standard InChI is InChI=1S/C40H58N2O4/c1-25(2)28-14-19-40(42-33(44)24-41-22-23-43)21-20-38(6)30(34(28)40)12-13-32-37(5)17-15-29(26-8-10-27(11-9-26)35(45)46)36(3,4)31(37)16-18-39(32,38)7/h8-11,15,28,30-32,34,41,43H,1,12-14,16-24H2,2-7H3,(H,42,44)(H,45,46). The van der Waals surface area contributed by atoms with Crippen LogP contribution in [0, 0.1) is 51.2 Å². The van der Waals surface area contributed by atoms with Crippen molar-refractivity contribution < 1.29 is 19.8 Å². The number of allylic oxidation sites excluding steroid dienone is 3. The highest BCUT2D eigenvalue weighted by atomic mass is 16.4. The van der Waals surface area contributed by atoms with Gasteiger partial charge in [-0.15, -0.1) is 0 Å². The smallest absolute Gasteiger partial charge is 0.335 e. The minimum Gasteiger partial charge on any atom is -0.478 e. The lowest BCUT2D eigenvalue weighted by molar-refractivity contribution is -0.219. The van der Waals surface area contributed by atoms with E-state index in [9.17, 15) is 19.8 Å². The van der Waals surface area contributed by atoms with Crippen molar-refractivity contribution in [2.24, 2.45) is 51.2 Å². The Balaban J connectivity index is 1.31. The number of rotatable bonds is 8. The molecule has 4 saturated carbocycles. The summed E-state index contributed by atoms with van der Waals surface area (Å²) < 4.78 is 0. The van der Waals surface area contributed by atoms with E-state index in [1.54, 1.807) is 12.1 Å². The van der Waals surface area contributed by atoms with Gasteiger partial charge in [0.05, 0.1) is 18.7 Å². The van der Waals surface area contributed by atoms with Crippen LogP contribution in [0.3, 0.4) is 0 Å². The minimum atomic E-state index is -0.878. The number of benzene rings is 1. The molecule has 0 saturated heterocycles. The van der Waals surface area contributed by atoms with Crippen molar-refractivity contribution in [3.8, 4) is 0 Å². The van der Waals surface area contributed by atoms with Crippen LogP contribution in [0.2, 0.25) is 0 Å². The fourth-order valence-electron chi connectivity index (χ4n) is 12.9. The Labute approximate surface area is 276 Å². The third-order valence-corrected chi connectivity index (χ3v) is 15.0. The maximum atomic E-state index is 13.3. The molecule has 9 atom stereocenters. The number of fused-ring (bicyclic) bond motifs is 7. The zero-order valence-electron chi connectivity index (χ0n) is 29.2. The summed E-state index contributed by atoms with van der Waals surface area (Å²) in [6.07, 6.45) is 12.8. The Morgan fingerprint density at radius 2 is 1.63 bits per heavy atom. The number of nitrogens with one attached hydrogen (secondary N) is 2. The molecule has 0 radical (unpaired) electrons. The van der Waals surface area contributed by atoms with E-state index in [0.717, 1.165) is 37.7 Å². The van der Waals surface area contributed by atoms with Crippen molar-refractivity contribution in [1.29, 1.82) is 0 Å². The van der Waals surface area contributed by atoms with Crippen molar-refractivity contribution in [1.82, 2.24) is 10.6 Å². The maximum Gasteiger partial charge on any atom is 0.335 e. The molecule has 6 heteroatoms. The van der Waals surface area contributed by atoms with E-state index in [1.165, 1.54) is 36.8 Å². The Morgan fingerprint density at radius 3 is 2.28 bits per heavy atom. The summed E-state index contributed by atoms with van der Waals surface area (Å²) in [5.74, 6) is 1.76. The lowest BCUT2D eigenvalue weighted by atomic mass is 9.33. The van der Waals surface area contributed by atoms with E-state index in [1.807, 2.05) is 12.1 Å². The molecule has 0 spiro atoms. The zero-order valence-corrected chi connectivity index (χ0v) is 29.2. The number of amides is 1. The van der Waals surface area contributed by atoms with Crippen molar-refractivity contribution in [3.05, 3.63) is 53.6 Å². The Hall–Kier alpha value is -2.44. The van der Waals surface area contributed by atoms with Crippen LogP contribution in [0.5, 0.6) is 0 Å². The van der Waals surface area contributed by atoms with Gasteiger partial charge in [0, 0.05) is 12.1 Å². The highest BCUT2D eigenvalue weighted by Gasteiger charge is 2.70. The molecule has 1 amide bonds. The van der Waals surface area contributed by atoms with E-state index in [0.29, 0.717) is 41.7 Å². The third-order valence-electron chi connectivity index (χ3n) is 15.0. The molecule has 0 aliphatic heterocycles. The molecule has 5 aliphatic rings. The second-order valence-electron chi connectivity index (χ2n) is 17.2. The predicted molar refractivity (Wildman–Crippen MR) is 184 cm³/mol. The minimum absolute atomic E-state index is 0.0105. The zero-order chi connectivity index (χ0) is 33.3. The Kier molecular flexibility index (Phi) is 8.45. The molecule has 0 aromatic heterocycles. The largest absolute Gasteiger partial charge is 0.478 e. The first-order valence-electron chi connectivity index (χ1n) is 18.0. The highest BCUT2D eigenvalue weighted by Crippen LogP contribution is 2.76. The lowest BCUT2D eigenvalue weighted by Crippen LogP contribution is -2.68.